The van der Waals surface area contributed by atoms with E-state index in [1.807, 2.05) is 7.11 Å². The Morgan fingerprint density at radius 3 is 3.11 bits per heavy atom. The smallest absolute Gasteiger partial charge is 0.110 e. The van der Waals surface area contributed by atoms with Crippen LogP contribution in [0.25, 0.3) is 0 Å². The van der Waals surface area contributed by atoms with Crippen LogP contribution in [0.3, 0.4) is 0 Å². The summed E-state index contributed by atoms with van der Waals surface area (Å²) in [6, 6.07) is 9.31. The summed E-state index contributed by atoms with van der Waals surface area (Å²) in [7, 11) is 1.84. The van der Waals surface area contributed by atoms with Gasteiger partial charge in [-0.25, -0.2) is 0 Å². The molecule has 0 amide bonds. The van der Waals surface area contributed by atoms with Crippen LogP contribution < -0.4 is 5.32 Å². The fourth-order valence-corrected chi connectivity index (χ4v) is 3.43. The molecule has 0 bridgehead atoms. The predicted octanol–water partition coefficient (Wildman–Crippen LogP) is 2.33. The van der Waals surface area contributed by atoms with Gasteiger partial charge in [-0.1, -0.05) is 24.3 Å². The van der Waals surface area contributed by atoms with Crippen molar-refractivity contribution in [3.8, 4) is 0 Å². The molecule has 1 aromatic rings. The summed E-state index contributed by atoms with van der Waals surface area (Å²) in [6.45, 7) is 3.32. The van der Waals surface area contributed by atoms with E-state index in [4.69, 9.17) is 4.74 Å². The third-order valence-electron chi connectivity index (χ3n) is 4.46. The number of fused-ring (bicyclic) bond motifs is 1. The average Bonchev–Trinajstić information content (AvgIpc) is 2.48. The quantitative estimate of drug-likeness (QED) is 0.903. The van der Waals surface area contributed by atoms with Crippen molar-refractivity contribution in [1.82, 2.24) is 10.2 Å². The molecule has 3 rings (SSSR count). The first-order chi connectivity index (χ1) is 9.38. The van der Waals surface area contributed by atoms with Crippen molar-refractivity contribution in [1.29, 1.82) is 0 Å². The van der Waals surface area contributed by atoms with Gasteiger partial charge in [-0.05, 0) is 43.4 Å². The molecule has 1 N–H and O–H groups in total. The maximum Gasteiger partial charge on any atom is 0.110 e. The number of likely N-dealkylation sites (tertiary alicyclic amines) is 1. The second-order valence-corrected chi connectivity index (χ2v) is 5.64. The van der Waals surface area contributed by atoms with Crippen molar-refractivity contribution >= 4 is 0 Å². The van der Waals surface area contributed by atoms with E-state index in [9.17, 15) is 0 Å². The van der Waals surface area contributed by atoms with Crippen molar-refractivity contribution < 1.29 is 4.74 Å². The number of benzene rings is 1. The SMILES string of the molecule is COC1CCCCN1CC1NCCc2ccccc21. The normalized spacial score (nSPS) is 28.1. The Balaban J connectivity index is 1.73. The van der Waals surface area contributed by atoms with Crippen molar-refractivity contribution in [3.05, 3.63) is 35.4 Å². The van der Waals surface area contributed by atoms with Crippen LogP contribution in [0.4, 0.5) is 0 Å². The molecule has 0 aromatic heterocycles. The molecule has 2 aliphatic rings. The number of hydrogen-bond acceptors (Lipinski definition) is 3. The van der Waals surface area contributed by atoms with Gasteiger partial charge in [0.25, 0.3) is 0 Å². The molecule has 2 atom stereocenters. The van der Waals surface area contributed by atoms with Gasteiger partial charge in [0.1, 0.15) is 6.23 Å². The summed E-state index contributed by atoms with van der Waals surface area (Å²) in [4.78, 5) is 2.50. The van der Waals surface area contributed by atoms with Crippen LogP contribution in [0.15, 0.2) is 24.3 Å². The monoisotopic (exact) mass is 260 g/mol. The molecule has 104 valence electrons. The van der Waals surface area contributed by atoms with E-state index >= 15 is 0 Å². The zero-order chi connectivity index (χ0) is 13.1. The Kier molecular flexibility index (Phi) is 4.16. The Labute approximate surface area is 115 Å². The maximum atomic E-state index is 5.63. The van der Waals surface area contributed by atoms with E-state index in [1.54, 1.807) is 0 Å². The molecule has 3 nitrogen and oxygen atoms in total. The number of rotatable bonds is 3. The summed E-state index contributed by atoms with van der Waals surface area (Å²) in [6.07, 6.45) is 5.23. The lowest BCUT2D eigenvalue weighted by atomic mass is 9.93. The minimum atomic E-state index is 0.310. The molecule has 2 unspecified atom stereocenters. The van der Waals surface area contributed by atoms with Gasteiger partial charge in [0.05, 0.1) is 0 Å². The summed E-state index contributed by atoms with van der Waals surface area (Å²) in [5, 5.41) is 3.67. The van der Waals surface area contributed by atoms with Gasteiger partial charge in [-0.3, -0.25) is 4.90 Å². The van der Waals surface area contributed by atoms with Crippen LogP contribution in [0.5, 0.6) is 0 Å². The third-order valence-corrected chi connectivity index (χ3v) is 4.46. The minimum Gasteiger partial charge on any atom is -0.366 e. The highest BCUT2D eigenvalue weighted by molar-refractivity contribution is 5.32. The second kappa shape index (κ2) is 6.04. The lowest BCUT2D eigenvalue weighted by molar-refractivity contribution is -0.0594. The number of hydrogen-bond donors (Lipinski definition) is 1. The van der Waals surface area contributed by atoms with Crippen LogP contribution in [0, 0.1) is 0 Å². The van der Waals surface area contributed by atoms with E-state index in [-0.39, 0.29) is 0 Å². The Morgan fingerprint density at radius 2 is 2.21 bits per heavy atom. The summed E-state index contributed by atoms with van der Waals surface area (Å²) in [5.41, 5.74) is 2.99. The van der Waals surface area contributed by atoms with Gasteiger partial charge in [0.2, 0.25) is 0 Å². The first-order valence-corrected chi connectivity index (χ1v) is 7.46. The standard InChI is InChI=1S/C16H24N2O/c1-19-16-8-4-5-11-18(16)12-15-14-7-3-2-6-13(14)9-10-17-15/h2-3,6-7,15-17H,4-5,8-12H2,1H3. The first kappa shape index (κ1) is 13.1. The lowest BCUT2D eigenvalue weighted by Gasteiger charge is -2.38. The number of piperidine rings is 1. The van der Waals surface area contributed by atoms with Gasteiger partial charge in [-0.2, -0.15) is 0 Å². The number of nitrogens with zero attached hydrogens (tertiary/aromatic N) is 1. The summed E-state index contributed by atoms with van der Waals surface area (Å²) in [5.74, 6) is 0. The van der Waals surface area contributed by atoms with Gasteiger partial charge >= 0.3 is 0 Å². The number of ether oxygens (including phenoxy) is 1. The third kappa shape index (κ3) is 2.83. The number of methoxy groups -OCH3 is 1. The van der Waals surface area contributed by atoms with Crippen molar-refractivity contribution in [2.24, 2.45) is 0 Å². The molecular formula is C16H24N2O. The highest BCUT2D eigenvalue weighted by atomic mass is 16.5. The van der Waals surface area contributed by atoms with Gasteiger partial charge in [0.15, 0.2) is 0 Å². The molecule has 2 aliphatic heterocycles. The molecule has 2 heterocycles. The van der Waals surface area contributed by atoms with Crippen LogP contribution in [0.1, 0.15) is 36.4 Å². The maximum absolute atomic E-state index is 5.63. The van der Waals surface area contributed by atoms with Crippen LogP contribution in [-0.2, 0) is 11.2 Å². The molecule has 1 saturated heterocycles. The molecule has 0 radical (unpaired) electrons. The highest BCUT2D eigenvalue weighted by Crippen LogP contribution is 2.26. The summed E-state index contributed by atoms with van der Waals surface area (Å²) < 4.78 is 5.63. The van der Waals surface area contributed by atoms with Crippen molar-refractivity contribution in [2.75, 3.05) is 26.7 Å². The van der Waals surface area contributed by atoms with E-state index < -0.39 is 0 Å². The molecule has 1 fully saturated rings. The highest BCUT2D eigenvalue weighted by Gasteiger charge is 2.27. The van der Waals surface area contributed by atoms with Crippen molar-refractivity contribution in [3.63, 3.8) is 0 Å². The van der Waals surface area contributed by atoms with E-state index in [0.29, 0.717) is 12.3 Å². The zero-order valence-corrected chi connectivity index (χ0v) is 11.8. The van der Waals surface area contributed by atoms with Crippen molar-refractivity contribution in [2.45, 2.75) is 38.0 Å². The predicted molar refractivity (Wildman–Crippen MR) is 77.1 cm³/mol. The summed E-state index contributed by atoms with van der Waals surface area (Å²) >= 11 is 0. The zero-order valence-electron chi connectivity index (χ0n) is 11.8. The molecule has 19 heavy (non-hydrogen) atoms. The van der Waals surface area contributed by atoms with E-state index in [0.717, 1.165) is 19.5 Å². The fraction of sp³-hybridized carbons (Fsp3) is 0.625. The van der Waals surface area contributed by atoms with Crippen LogP contribution in [0.2, 0.25) is 0 Å². The molecule has 0 aliphatic carbocycles. The molecule has 0 spiro atoms. The molecule has 1 aromatic carbocycles. The lowest BCUT2D eigenvalue weighted by Crippen LogP contribution is -2.46. The first-order valence-electron chi connectivity index (χ1n) is 7.46. The molecule has 0 saturated carbocycles. The molecular weight excluding hydrogens is 236 g/mol. The fourth-order valence-electron chi connectivity index (χ4n) is 3.43. The Bertz CT molecular complexity index is 421. The molecule has 3 heteroatoms. The second-order valence-electron chi connectivity index (χ2n) is 5.64. The Hall–Kier alpha value is -0.900. The van der Waals surface area contributed by atoms with E-state index in [1.165, 1.54) is 36.9 Å². The van der Waals surface area contributed by atoms with E-state index in [2.05, 4.69) is 34.5 Å². The van der Waals surface area contributed by atoms with Gasteiger partial charge in [0, 0.05) is 26.2 Å². The Morgan fingerprint density at radius 1 is 1.32 bits per heavy atom. The van der Waals surface area contributed by atoms with Gasteiger partial charge in [-0.15, -0.1) is 0 Å². The number of nitrogens with one attached hydrogen (secondary N) is 1. The van der Waals surface area contributed by atoms with Crippen LogP contribution >= 0.6 is 0 Å². The minimum absolute atomic E-state index is 0.310. The largest absolute Gasteiger partial charge is 0.366 e. The van der Waals surface area contributed by atoms with Crippen LogP contribution in [-0.4, -0.2) is 37.9 Å². The average molecular weight is 260 g/mol. The van der Waals surface area contributed by atoms with Gasteiger partial charge < -0.3 is 10.1 Å². The topological polar surface area (TPSA) is 24.5 Å².